The smallest absolute Gasteiger partial charge is 0.338 e. The number of carbonyl (C=O) groups is 1. The largest absolute Gasteiger partial charge is 0.459 e. The first-order valence-electron chi connectivity index (χ1n) is 8.22. The third kappa shape index (κ3) is 4.21. The number of likely N-dealkylation sites (tertiary alicyclic amines) is 1. The molecule has 0 spiro atoms. The molecule has 3 rings (SSSR count). The molecule has 2 aromatic carbocycles. The molecule has 24 heavy (non-hydrogen) atoms. The number of benzene rings is 2. The van der Waals surface area contributed by atoms with Crippen LogP contribution < -0.4 is 0 Å². The van der Waals surface area contributed by atoms with Crippen molar-refractivity contribution in [1.29, 1.82) is 5.26 Å². The Morgan fingerprint density at radius 1 is 1.08 bits per heavy atom. The third-order valence-corrected chi connectivity index (χ3v) is 4.31. The normalized spacial score (nSPS) is 15.6. The Morgan fingerprint density at radius 2 is 1.75 bits per heavy atom. The average molecular weight is 320 g/mol. The van der Waals surface area contributed by atoms with Gasteiger partial charge in [-0.2, -0.15) is 5.26 Å². The molecular weight excluding hydrogens is 300 g/mol. The topological polar surface area (TPSA) is 53.3 Å². The maximum Gasteiger partial charge on any atom is 0.338 e. The summed E-state index contributed by atoms with van der Waals surface area (Å²) in [6.07, 6.45) is 1.68. The van der Waals surface area contributed by atoms with Crippen LogP contribution in [0.5, 0.6) is 0 Å². The summed E-state index contributed by atoms with van der Waals surface area (Å²) >= 11 is 0. The van der Waals surface area contributed by atoms with E-state index in [2.05, 4.69) is 29.2 Å². The first-order valence-corrected chi connectivity index (χ1v) is 8.22. The van der Waals surface area contributed by atoms with Crippen LogP contribution in [0.2, 0.25) is 0 Å². The monoisotopic (exact) mass is 320 g/mol. The second kappa shape index (κ2) is 7.76. The molecule has 0 unspecified atom stereocenters. The number of hydrogen-bond donors (Lipinski definition) is 0. The van der Waals surface area contributed by atoms with Gasteiger partial charge < -0.3 is 4.74 Å². The number of nitriles is 1. The van der Waals surface area contributed by atoms with Gasteiger partial charge >= 0.3 is 5.97 Å². The number of hydrogen-bond acceptors (Lipinski definition) is 4. The molecule has 122 valence electrons. The number of rotatable bonds is 4. The maximum atomic E-state index is 12.2. The summed E-state index contributed by atoms with van der Waals surface area (Å²) in [4.78, 5) is 14.6. The summed E-state index contributed by atoms with van der Waals surface area (Å²) in [5.41, 5.74) is 2.35. The predicted octanol–water partition coefficient (Wildman–Crippen LogP) is 3.38. The van der Waals surface area contributed by atoms with E-state index in [1.54, 1.807) is 24.3 Å². The Bertz CT molecular complexity index is 712. The zero-order chi connectivity index (χ0) is 16.8. The molecule has 0 saturated carbocycles. The molecule has 4 heteroatoms. The van der Waals surface area contributed by atoms with Gasteiger partial charge in [-0.1, -0.05) is 30.3 Å². The lowest BCUT2D eigenvalue weighted by molar-refractivity contribution is 0.0104. The summed E-state index contributed by atoms with van der Waals surface area (Å²) in [5.74, 6) is -0.305. The highest BCUT2D eigenvalue weighted by Gasteiger charge is 2.22. The number of ether oxygens (including phenoxy) is 1. The van der Waals surface area contributed by atoms with E-state index in [0.717, 1.165) is 32.5 Å². The number of esters is 1. The average Bonchev–Trinajstić information content (AvgIpc) is 2.64. The Hall–Kier alpha value is -2.64. The zero-order valence-corrected chi connectivity index (χ0v) is 13.5. The van der Waals surface area contributed by atoms with E-state index in [4.69, 9.17) is 10.00 Å². The number of carbonyl (C=O) groups excluding carboxylic acids is 1. The second-order valence-corrected chi connectivity index (χ2v) is 6.06. The molecule has 1 heterocycles. The predicted molar refractivity (Wildman–Crippen MR) is 91.3 cm³/mol. The first kappa shape index (κ1) is 16.2. The van der Waals surface area contributed by atoms with Crippen molar-refractivity contribution in [3.05, 3.63) is 71.3 Å². The lowest BCUT2D eigenvalue weighted by Crippen LogP contribution is -2.37. The van der Waals surface area contributed by atoms with Gasteiger partial charge in [-0.05, 0) is 42.7 Å². The van der Waals surface area contributed by atoms with Crippen LogP contribution in [-0.4, -0.2) is 30.1 Å². The summed E-state index contributed by atoms with van der Waals surface area (Å²) in [7, 11) is 0. The van der Waals surface area contributed by atoms with Gasteiger partial charge in [0.15, 0.2) is 0 Å². The minimum Gasteiger partial charge on any atom is -0.459 e. The molecule has 1 saturated heterocycles. The van der Waals surface area contributed by atoms with Gasteiger partial charge in [0.05, 0.1) is 17.2 Å². The summed E-state index contributed by atoms with van der Waals surface area (Å²) in [5, 5.41) is 8.79. The van der Waals surface area contributed by atoms with Crippen LogP contribution >= 0.6 is 0 Å². The van der Waals surface area contributed by atoms with Crippen molar-refractivity contribution in [3.63, 3.8) is 0 Å². The Labute approximate surface area is 142 Å². The molecule has 1 aliphatic rings. The standard InChI is InChI=1S/C20H20N2O2/c21-14-16-6-8-18(9-7-16)20(23)24-19-10-12-22(13-11-19)15-17-4-2-1-3-5-17/h1-9,19H,10-13,15H2. The SMILES string of the molecule is N#Cc1ccc(C(=O)OC2CCN(Cc3ccccc3)CC2)cc1. The lowest BCUT2D eigenvalue weighted by atomic mass is 10.1. The van der Waals surface area contributed by atoms with E-state index in [0.29, 0.717) is 11.1 Å². The lowest BCUT2D eigenvalue weighted by Gasteiger charge is -2.31. The summed E-state index contributed by atoms with van der Waals surface area (Å²) < 4.78 is 5.60. The second-order valence-electron chi connectivity index (χ2n) is 6.06. The van der Waals surface area contributed by atoms with Crippen molar-refractivity contribution in [1.82, 2.24) is 4.90 Å². The van der Waals surface area contributed by atoms with Crippen molar-refractivity contribution in [2.75, 3.05) is 13.1 Å². The van der Waals surface area contributed by atoms with Crippen LogP contribution in [0, 0.1) is 11.3 Å². The summed E-state index contributed by atoms with van der Waals surface area (Å²) in [6, 6.07) is 19.0. The zero-order valence-electron chi connectivity index (χ0n) is 13.5. The van der Waals surface area contributed by atoms with Crippen LogP contribution in [0.4, 0.5) is 0 Å². The molecule has 0 radical (unpaired) electrons. The van der Waals surface area contributed by atoms with Crippen molar-refractivity contribution in [3.8, 4) is 6.07 Å². The molecule has 0 aromatic heterocycles. The Balaban J connectivity index is 1.48. The van der Waals surface area contributed by atoms with Crippen LogP contribution in [0.15, 0.2) is 54.6 Å². The quantitative estimate of drug-likeness (QED) is 0.810. The minimum absolute atomic E-state index is 0.0276. The van der Waals surface area contributed by atoms with Crippen LogP contribution in [0.3, 0.4) is 0 Å². The highest BCUT2D eigenvalue weighted by molar-refractivity contribution is 5.89. The van der Waals surface area contributed by atoms with Crippen LogP contribution in [0.25, 0.3) is 0 Å². The number of piperidine rings is 1. The Kier molecular flexibility index (Phi) is 5.25. The van der Waals surface area contributed by atoms with Crippen LogP contribution in [0.1, 0.15) is 34.3 Å². The molecule has 4 nitrogen and oxygen atoms in total. The molecule has 1 fully saturated rings. The maximum absolute atomic E-state index is 12.2. The molecule has 0 N–H and O–H groups in total. The van der Waals surface area contributed by atoms with Gasteiger partial charge in [-0.15, -0.1) is 0 Å². The van der Waals surface area contributed by atoms with E-state index in [-0.39, 0.29) is 12.1 Å². The Morgan fingerprint density at radius 3 is 2.38 bits per heavy atom. The van der Waals surface area contributed by atoms with E-state index in [1.807, 2.05) is 12.1 Å². The van der Waals surface area contributed by atoms with E-state index >= 15 is 0 Å². The van der Waals surface area contributed by atoms with Crippen molar-refractivity contribution in [2.24, 2.45) is 0 Å². The van der Waals surface area contributed by atoms with Crippen molar-refractivity contribution < 1.29 is 9.53 Å². The molecule has 0 atom stereocenters. The number of nitrogens with zero attached hydrogens (tertiary/aromatic N) is 2. The van der Waals surface area contributed by atoms with Gasteiger partial charge in [-0.3, -0.25) is 4.90 Å². The van der Waals surface area contributed by atoms with Gasteiger partial charge in [-0.25, -0.2) is 4.79 Å². The van der Waals surface area contributed by atoms with Gasteiger partial charge in [0.1, 0.15) is 6.10 Å². The van der Waals surface area contributed by atoms with E-state index in [9.17, 15) is 4.79 Å². The van der Waals surface area contributed by atoms with Gasteiger partial charge in [0.25, 0.3) is 0 Å². The van der Waals surface area contributed by atoms with E-state index < -0.39 is 0 Å². The van der Waals surface area contributed by atoms with Gasteiger partial charge in [0, 0.05) is 19.6 Å². The van der Waals surface area contributed by atoms with E-state index in [1.165, 1.54) is 5.56 Å². The minimum atomic E-state index is -0.305. The third-order valence-electron chi connectivity index (χ3n) is 4.31. The van der Waals surface area contributed by atoms with Crippen molar-refractivity contribution >= 4 is 5.97 Å². The van der Waals surface area contributed by atoms with Gasteiger partial charge in [0.2, 0.25) is 0 Å². The fourth-order valence-electron chi connectivity index (χ4n) is 2.93. The highest BCUT2D eigenvalue weighted by Crippen LogP contribution is 2.18. The van der Waals surface area contributed by atoms with Crippen molar-refractivity contribution in [2.45, 2.75) is 25.5 Å². The molecule has 1 aliphatic heterocycles. The van der Waals surface area contributed by atoms with Crippen LogP contribution in [-0.2, 0) is 11.3 Å². The highest BCUT2D eigenvalue weighted by atomic mass is 16.5. The molecular formula is C20H20N2O2. The molecule has 2 aromatic rings. The first-order chi connectivity index (χ1) is 11.7. The molecule has 0 amide bonds. The molecule has 0 aliphatic carbocycles. The molecule has 0 bridgehead atoms. The fourth-order valence-corrected chi connectivity index (χ4v) is 2.93. The fraction of sp³-hybridized carbons (Fsp3) is 0.300. The summed E-state index contributed by atoms with van der Waals surface area (Å²) in [6.45, 7) is 2.80.